The van der Waals surface area contributed by atoms with Crippen LogP contribution in [0.15, 0.2) is 30.5 Å². The average Bonchev–Trinajstić information content (AvgIpc) is 2.17. The molecule has 1 aromatic carbocycles. The molecule has 12 heavy (non-hydrogen) atoms. The highest BCUT2D eigenvalue weighted by atomic mass is 32.1. The molecule has 4 heteroatoms. The maximum absolute atomic E-state index is 4.20. The summed E-state index contributed by atoms with van der Waals surface area (Å²) in [6.45, 7) is 0. The summed E-state index contributed by atoms with van der Waals surface area (Å²) < 4.78 is 2.59. The number of rotatable bonds is 1. The van der Waals surface area contributed by atoms with Gasteiger partial charge >= 0.3 is 0 Å². The van der Waals surface area contributed by atoms with Crippen molar-refractivity contribution in [2.24, 2.45) is 0 Å². The molecule has 0 spiro atoms. The van der Waals surface area contributed by atoms with Crippen molar-refractivity contribution >= 4 is 29.7 Å². The van der Waals surface area contributed by atoms with Crippen molar-refractivity contribution in [3.63, 3.8) is 0 Å². The van der Waals surface area contributed by atoms with Crippen molar-refractivity contribution in [3.8, 4) is 0 Å². The van der Waals surface area contributed by atoms with Crippen molar-refractivity contribution in [2.45, 2.75) is 0 Å². The second kappa shape index (κ2) is 2.98. The summed E-state index contributed by atoms with van der Waals surface area (Å²) in [5.41, 5.74) is 0.920. The number of nitrogens with one attached hydrogen (secondary N) is 1. The molecule has 0 fully saturated rings. The van der Waals surface area contributed by atoms with E-state index in [0.717, 1.165) is 10.9 Å². The van der Waals surface area contributed by atoms with Gasteiger partial charge in [-0.25, -0.2) is 9.97 Å². The standard InChI is InChI=1S/C8H7N3S/c12-11-8-9-5-6-3-1-2-4-7(6)10-8/h1-5,12H,(H,9,10,11). The van der Waals surface area contributed by atoms with Crippen LogP contribution in [0.1, 0.15) is 0 Å². The van der Waals surface area contributed by atoms with E-state index in [1.54, 1.807) is 6.20 Å². The molecule has 0 aliphatic rings. The predicted octanol–water partition coefficient (Wildman–Crippen LogP) is 1.89. The minimum absolute atomic E-state index is 0.525. The van der Waals surface area contributed by atoms with E-state index in [9.17, 15) is 0 Å². The van der Waals surface area contributed by atoms with Gasteiger partial charge in [-0.15, -0.1) is 0 Å². The Labute approximate surface area is 75.4 Å². The predicted molar refractivity (Wildman–Crippen MR) is 52.1 cm³/mol. The Balaban J connectivity index is 2.67. The molecule has 0 saturated heterocycles. The molecule has 2 rings (SSSR count). The summed E-state index contributed by atoms with van der Waals surface area (Å²) >= 11 is 3.86. The SMILES string of the molecule is SNc1ncc2ccccc2n1. The smallest absolute Gasteiger partial charge is 0.233 e. The third-order valence-electron chi connectivity index (χ3n) is 1.59. The summed E-state index contributed by atoms with van der Waals surface area (Å²) in [6, 6.07) is 7.81. The Morgan fingerprint density at radius 3 is 2.92 bits per heavy atom. The van der Waals surface area contributed by atoms with Gasteiger partial charge in [0.2, 0.25) is 5.95 Å². The quantitative estimate of drug-likeness (QED) is 0.653. The summed E-state index contributed by atoms with van der Waals surface area (Å²) in [5.74, 6) is 0.525. The van der Waals surface area contributed by atoms with Crippen LogP contribution in [0.2, 0.25) is 0 Å². The van der Waals surface area contributed by atoms with Crippen LogP contribution in [0.4, 0.5) is 5.95 Å². The van der Waals surface area contributed by atoms with Gasteiger partial charge in [-0.1, -0.05) is 31.0 Å². The molecule has 0 bridgehead atoms. The molecule has 0 amide bonds. The Morgan fingerprint density at radius 1 is 1.25 bits per heavy atom. The fourth-order valence-electron chi connectivity index (χ4n) is 1.03. The maximum atomic E-state index is 4.20. The largest absolute Gasteiger partial charge is 0.301 e. The topological polar surface area (TPSA) is 37.8 Å². The van der Waals surface area contributed by atoms with Gasteiger partial charge in [0.15, 0.2) is 0 Å². The molecule has 1 heterocycles. The molecule has 0 aliphatic heterocycles. The molecular formula is C8H7N3S. The lowest BCUT2D eigenvalue weighted by molar-refractivity contribution is 1.24. The van der Waals surface area contributed by atoms with E-state index >= 15 is 0 Å². The monoisotopic (exact) mass is 177 g/mol. The maximum Gasteiger partial charge on any atom is 0.233 e. The zero-order valence-corrected chi connectivity index (χ0v) is 7.12. The van der Waals surface area contributed by atoms with Gasteiger partial charge in [-0.05, 0) is 6.07 Å². The third-order valence-corrected chi connectivity index (χ3v) is 1.79. The molecule has 0 atom stereocenters. The van der Waals surface area contributed by atoms with E-state index in [-0.39, 0.29) is 0 Å². The number of fused-ring (bicyclic) bond motifs is 1. The van der Waals surface area contributed by atoms with E-state index < -0.39 is 0 Å². The molecule has 3 nitrogen and oxygen atoms in total. The number of nitrogens with zero attached hydrogens (tertiary/aromatic N) is 2. The molecule has 0 saturated carbocycles. The number of para-hydroxylation sites is 1. The van der Waals surface area contributed by atoms with Crippen LogP contribution in [-0.4, -0.2) is 9.97 Å². The summed E-state index contributed by atoms with van der Waals surface area (Å²) in [4.78, 5) is 8.22. The summed E-state index contributed by atoms with van der Waals surface area (Å²) in [6.07, 6.45) is 1.76. The number of aromatic nitrogens is 2. The van der Waals surface area contributed by atoms with E-state index in [0.29, 0.717) is 5.95 Å². The molecule has 60 valence electrons. The fourth-order valence-corrected chi connectivity index (χ4v) is 1.13. The normalized spacial score (nSPS) is 10.1. The van der Waals surface area contributed by atoms with Crippen molar-refractivity contribution in [3.05, 3.63) is 30.5 Å². The number of anilines is 1. The van der Waals surface area contributed by atoms with Crippen LogP contribution in [0.3, 0.4) is 0 Å². The van der Waals surface area contributed by atoms with Crippen molar-refractivity contribution < 1.29 is 0 Å². The van der Waals surface area contributed by atoms with Gasteiger partial charge in [-0.2, -0.15) is 0 Å². The molecule has 1 N–H and O–H groups in total. The first-order valence-electron chi connectivity index (χ1n) is 3.52. The average molecular weight is 177 g/mol. The summed E-state index contributed by atoms with van der Waals surface area (Å²) in [7, 11) is 0. The van der Waals surface area contributed by atoms with E-state index in [4.69, 9.17) is 0 Å². The van der Waals surface area contributed by atoms with E-state index in [2.05, 4.69) is 27.5 Å². The lowest BCUT2D eigenvalue weighted by Crippen LogP contribution is -1.90. The van der Waals surface area contributed by atoms with Crippen LogP contribution < -0.4 is 4.72 Å². The Morgan fingerprint density at radius 2 is 2.08 bits per heavy atom. The van der Waals surface area contributed by atoms with Gasteiger partial charge in [0, 0.05) is 11.6 Å². The minimum Gasteiger partial charge on any atom is -0.301 e. The lowest BCUT2D eigenvalue weighted by atomic mass is 10.2. The van der Waals surface area contributed by atoms with E-state index in [1.807, 2.05) is 24.3 Å². The highest BCUT2D eigenvalue weighted by Gasteiger charge is 1.95. The highest BCUT2D eigenvalue weighted by molar-refractivity contribution is 7.81. The first kappa shape index (κ1) is 7.36. The van der Waals surface area contributed by atoms with Crippen LogP contribution in [0.25, 0.3) is 10.9 Å². The number of hydrogen-bond acceptors (Lipinski definition) is 4. The van der Waals surface area contributed by atoms with Crippen molar-refractivity contribution in [2.75, 3.05) is 4.72 Å². The van der Waals surface area contributed by atoms with Gasteiger partial charge < -0.3 is 4.72 Å². The zero-order valence-electron chi connectivity index (χ0n) is 6.23. The fraction of sp³-hybridized carbons (Fsp3) is 0. The molecule has 0 aliphatic carbocycles. The Hall–Kier alpha value is -1.29. The van der Waals surface area contributed by atoms with Gasteiger partial charge in [-0.3, -0.25) is 0 Å². The Kier molecular flexibility index (Phi) is 1.83. The zero-order chi connectivity index (χ0) is 8.39. The lowest BCUT2D eigenvalue weighted by Gasteiger charge is -1.98. The van der Waals surface area contributed by atoms with Crippen molar-refractivity contribution in [1.29, 1.82) is 0 Å². The second-order valence-electron chi connectivity index (χ2n) is 2.36. The van der Waals surface area contributed by atoms with Gasteiger partial charge in [0.25, 0.3) is 0 Å². The number of benzene rings is 1. The van der Waals surface area contributed by atoms with Crippen LogP contribution in [-0.2, 0) is 0 Å². The number of hydrogen-bond donors (Lipinski definition) is 2. The van der Waals surface area contributed by atoms with Crippen molar-refractivity contribution in [1.82, 2.24) is 9.97 Å². The Bertz CT molecular complexity index is 402. The third kappa shape index (κ3) is 1.21. The first-order chi connectivity index (χ1) is 5.90. The second-order valence-corrected chi connectivity index (χ2v) is 2.59. The van der Waals surface area contributed by atoms with Gasteiger partial charge in [0.05, 0.1) is 5.52 Å². The molecule has 0 unspecified atom stereocenters. The van der Waals surface area contributed by atoms with Crippen LogP contribution in [0, 0.1) is 0 Å². The molecule has 1 aromatic heterocycles. The highest BCUT2D eigenvalue weighted by Crippen LogP contribution is 2.11. The molecule has 2 aromatic rings. The van der Waals surface area contributed by atoms with Gasteiger partial charge in [0.1, 0.15) is 0 Å². The van der Waals surface area contributed by atoms with Crippen LogP contribution in [0.5, 0.6) is 0 Å². The van der Waals surface area contributed by atoms with E-state index in [1.165, 1.54) is 0 Å². The first-order valence-corrected chi connectivity index (χ1v) is 3.97. The minimum atomic E-state index is 0.525. The summed E-state index contributed by atoms with van der Waals surface area (Å²) in [5, 5.41) is 1.03. The molecule has 0 radical (unpaired) electrons. The molecular weight excluding hydrogens is 170 g/mol. The number of thiol groups is 1. The van der Waals surface area contributed by atoms with Crippen LogP contribution >= 0.6 is 12.8 Å².